The maximum Gasteiger partial charge on any atom is 0.268 e. The number of amides is 1. The second-order valence-corrected chi connectivity index (χ2v) is 5.54. The minimum Gasteiger partial charge on any atom is -0.346 e. The molecule has 0 radical (unpaired) electrons. The number of carbonyl (C=O) groups is 1. The van der Waals surface area contributed by atoms with Crippen molar-refractivity contribution in [2.75, 3.05) is 6.54 Å². The third-order valence-corrected chi connectivity index (χ3v) is 3.72. The summed E-state index contributed by atoms with van der Waals surface area (Å²) >= 11 is 3.38. The van der Waals surface area contributed by atoms with Crippen LogP contribution in [0.5, 0.6) is 0 Å². The molecule has 102 valence electrons. The first kappa shape index (κ1) is 15.5. The Labute approximate surface area is 122 Å². The van der Waals surface area contributed by atoms with Gasteiger partial charge in [-0.1, -0.05) is 0 Å². The summed E-state index contributed by atoms with van der Waals surface area (Å²) < 4.78 is 2.76. The molecule has 0 aromatic carbocycles. The van der Waals surface area contributed by atoms with Crippen molar-refractivity contribution in [3.8, 4) is 0 Å². The van der Waals surface area contributed by atoms with Crippen LogP contribution in [0.4, 0.5) is 0 Å². The van der Waals surface area contributed by atoms with Crippen molar-refractivity contribution >= 4 is 34.2 Å². The average Bonchev–Trinajstić information content (AvgIpc) is 2.61. The van der Waals surface area contributed by atoms with Gasteiger partial charge in [0.25, 0.3) is 5.91 Å². The van der Waals surface area contributed by atoms with Crippen LogP contribution in [0.15, 0.2) is 16.7 Å². The molecular weight excluding hydrogens is 318 g/mol. The molecule has 1 aliphatic heterocycles. The predicted molar refractivity (Wildman–Crippen MR) is 78.3 cm³/mol. The minimum atomic E-state index is -0.00116. The molecule has 0 saturated carbocycles. The molecule has 1 amide bonds. The summed E-state index contributed by atoms with van der Waals surface area (Å²) in [5, 5.41) is 6.47. The Morgan fingerprint density at radius 1 is 1.61 bits per heavy atom. The molecule has 4 nitrogen and oxygen atoms in total. The Morgan fingerprint density at radius 2 is 2.33 bits per heavy atom. The molecule has 1 aromatic rings. The lowest BCUT2D eigenvalue weighted by Gasteiger charge is -2.30. The van der Waals surface area contributed by atoms with E-state index in [1.165, 1.54) is 0 Å². The van der Waals surface area contributed by atoms with Crippen molar-refractivity contribution in [3.63, 3.8) is 0 Å². The monoisotopic (exact) mass is 335 g/mol. The van der Waals surface area contributed by atoms with E-state index < -0.39 is 0 Å². The molecule has 2 atom stereocenters. The van der Waals surface area contributed by atoms with Gasteiger partial charge in [-0.3, -0.25) is 4.79 Å². The van der Waals surface area contributed by atoms with Crippen LogP contribution in [0.1, 0.15) is 30.3 Å². The van der Waals surface area contributed by atoms with Crippen LogP contribution >= 0.6 is 28.3 Å². The molecule has 1 saturated heterocycles. The third-order valence-electron chi connectivity index (χ3n) is 3.28. The minimum absolute atomic E-state index is 0. The van der Waals surface area contributed by atoms with Gasteiger partial charge >= 0.3 is 0 Å². The maximum atomic E-state index is 12.1. The predicted octanol–water partition coefficient (Wildman–Crippen LogP) is 2.08. The molecule has 2 unspecified atom stereocenters. The Balaban J connectivity index is 0.00000162. The number of halogens is 2. The van der Waals surface area contributed by atoms with Crippen LogP contribution in [-0.2, 0) is 7.05 Å². The molecule has 0 aliphatic carbocycles. The van der Waals surface area contributed by atoms with Gasteiger partial charge in [-0.2, -0.15) is 0 Å². The van der Waals surface area contributed by atoms with Crippen molar-refractivity contribution in [1.82, 2.24) is 15.2 Å². The van der Waals surface area contributed by atoms with Gasteiger partial charge in [0.2, 0.25) is 0 Å². The molecule has 2 rings (SSSR count). The van der Waals surface area contributed by atoms with E-state index in [2.05, 4.69) is 33.5 Å². The Hall–Kier alpha value is -0.520. The lowest BCUT2D eigenvalue weighted by molar-refractivity contribution is 0.0911. The third kappa shape index (κ3) is 3.49. The van der Waals surface area contributed by atoms with Gasteiger partial charge < -0.3 is 15.2 Å². The second kappa shape index (κ2) is 6.59. The van der Waals surface area contributed by atoms with Gasteiger partial charge in [-0.05, 0) is 48.3 Å². The van der Waals surface area contributed by atoms with E-state index in [9.17, 15) is 4.79 Å². The average molecular weight is 337 g/mol. The number of hydrogen-bond acceptors (Lipinski definition) is 2. The van der Waals surface area contributed by atoms with Crippen molar-refractivity contribution in [3.05, 3.63) is 22.4 Å². The number of nitrogens with zero attached hydrogens (tertiary/aromatic N) is 1. The SMILES string of the molecule is CC1NCCCC1NC(=O)c1cc(Br)cn1C.Cl. The van der Waals surface area contributed by atoms with Crippen LogP contribution in [0, 0.1) is 0 Å². The van der Waals surface area contributed by atoms with E-state index >= 15 is 0 Å². The standard InChI is InChI=1S/C12H18BrN3O.ClH/c1-8-10(4-3-5-14-8)15-12(17)11-6-9(13)7-16(11)2;/h6-8,10,14H,3-5H2,1-2H3,(H,15,17);1H. The van der Waals surface area contributed by atoms with Crippen LogP contribution in [0.3, 0.4) is 0 Å². The second-order valence-electron chi connectivity index (χ2n) is 4.62. The fraction of sp³-hybridized carbons (Fsp3) is 0.583. The lowest BCUT2D eigenvalue weighted by atomic mass is 10.00. The molecule has 0 spiro atoms. The van der Waals surface area contributed by atoms with Crippen LogP contribution < -0.4 is 10.6 Å². The van der Waals surface area contributed by atoms with Crippen molar-refractivity contribution in [2.45, 2.75) is 31.8 Å². The highest BCUT2D eigenvalue weighted by atomic mass is 79.9. The molecule has 18 heavy (non-hydrogen) atoms. The number of aryl methyl sites for hydroxylation is 1. The van der Waals surface area contributed by atoms with Gasteiger partial charge in [0.1, 0.15) is 5.69 Å². The molecule has 1 fully saturated rings. The molecule has 0 bridgehead atoms. The van der Waals surface area contributed by atoms with Crippen LogP contribution in [0.25, 0.3) is 0 Å². The van der Waals surface area contributed by atoms with Gasteiger partial charge in [0.05, 0.1) is 0 Å². The fourth-order valence-electron chi connectivity index (χ4n) is 2.23. The van der Waals surface area contributed by atoms with E-state index in [0.29, 0.717) is 11.7 Å². The maximum absolute atomic E-state index is 12.1. The van der Waals surface area contributed by atoms with Crippen LogP contribution in [-0.4, -0.2) is 29.1 Å². The topological polar surface area (TPSA) is 46.1 Å². The van der Waals surface area contributed by atoms with E-state index in [0.717, 1.165) is 23.9 Å². The van der Waals surface area contributed by atoms with E-state index in [1.807, 2.05) is 23.9 Å². The Kier molecular flexibility index (Phi) is 5.69. The highest BCUT2D eigenvalue weighted by molar-refractivity contribution is 9.10. The van der Waals surface area contributed by atoms with Gasteiger partial charge in [0, 0.05) is 29.8 Å². The number of piperidine rings is 1. The summed E-state index contributed by atoms with van der Waals surface area (Å²) in [4.78, 5) is 12.1. The Bertz CT molecular complexity index is 421. The summed E-state index contributed by atoms with van der Waals surface area (Å²) in [6.07, 6.45) is 4.05. The van der Waals surface area contributed by atoms with E-state index in [4.69, 9.17) is 0 Å². The first-order valence-electron chi connectivity index (χ1n) is 5.94. The largest absolute Gasteiger partial charge is 0.346 e. The summed E-state index contributed by atoms with van der Waals surface area (Å²) in [6, 6.07) is 2.41. The number of carbonyl (C=O) groups excluding carboxylic acids is 1. The molecule has 2 N–H and O–H groups in total. The molecule has 1 aromatic heterocycles. The van der Waals surface area contributed by atoms with Crippen molar-refractivity contribution in [2.24, 2.45) is 7.05 Å². The normalized spacial score (nSPS) is 23.3. The summed E-state index contributed by atoms with van der Waals surface area (Å²) in [5.74, 6) is -0.00116. The summed E-state index contributed by atoms with van der Waals surface area (Å²) in [6.45, 7) is 3.16. The van der Waals surface area contributed by atoms with E-state index in [-0.39, 0.29) is 24.4 Å². The first-order valence-corrected chi connectivity index (χ1v) is 6.73. The molecular formula is C12H19BrClN3O. The molecule has 6 heteroatoms. The number of rotatable bonds is 2. The fourth-order valence-corrected chi connectivity index (χ4v) is 2.76. The van der Waals surface area contributed by atoms with Gasteiger partial charge in [-0.15, -0.1) is 12.4 Å². The zero-order valence-electron chi connectivity index (χ0n) is 10.6. The molecule has 1 aliphatic rings. The van der Waals surface area contributed by atoms with Crippen molar-refractivity contribution < 1.29 is 4.79 Å². The lowest BCUT2D eigenvalue weighted by Crippen LogP contribution is -2.52. The van der Waals surface area contributed by atoms with E-state index in [1.54, 1.807) is 0 Å². The first-order chi connectivity index (χ1) is 8.08. The molecule has 2 heterocycles. The van der Waals surface area contributed by atoms with Gasteiger partial charge in [0.15, 0.2) is 0 Å². The smallest absolute Gasteiger partial charge is 0.268 e. The number of nitrogens with one attached hydrogen (secondary N) is 2. The quantitative estimate of drug-likeness (QED) is 0.868. The van der Waals surface area contributed by atoms with Crippen LogP contribution in [0.2, 0.25) is 0 Å². The van der Waals surface area contributed by atoms with Gasteiger partial charge in [-0.25, -0.2) is 0 Å². The highest BCUT2D eigenvalue weighted by Gasteiger charge is 2.23. The highest BCUT2D eigenvalue weighted by Crippen LogP contribution is 2.15. The number of hydrogen-bond donors (Lipinski definition) is 2. The Morgan fingerprint density at radius 3 is 2.89 bits per heavy atom. The zero-order valence-corrected chi connectivity index (χ0v) is 13.0. The number of aromatic nitrogens is 1. The summed E-state index contributed by atoms with van der Waals surface area (Å²) in [7, 11) is 1.88. The zero-order chi connectivity index (χ0) is 12.4. The van der Waals surface area contributed by atoms with Crippen molar-refractivity contribution in [1.29, 1.82) is 0 Å². The summed E-state index contributed by atoms with van der Waals surface area (Å²) in [5.41, 5.74) is 0.689.